The molecule has 1 aliphatic heterocycles. The number of phenolic OH excluding ortho intramolecular Hbond substituents is 1. The molecule has 0 unspecified atom stereocenters. The molecule has 0 saturated carbocycles. The third-order valence-corrected chi connectivity index (χ3v) is 3.21. The van der Waals surface area contributed by atoms with Gasteiger partial charge in [0.15, 0.2) is 11.5 Å². The zero-order chi connectivity index (χ0) is 12.3. The maximum absolute atomic E-state index is 9.84. The van der Waals surface area contributed by atoms with Crippen LogP contribution in [-0.4, -0.2) is 25.9 Å². The van der Waals surface area contributed by atoms with Gasteiger partial charge in [0.1, 0.15) is 0 Å². The molecular weight excluding hydrogens is 218 g/mol. The molecular formula is C13H19NO3. The average Bonchev–Trinajstić information content (AvgIpc) is 2.40. The van der Waals surface area contributed by atoms with Crippen molar-refractivity contribution < 1.29 is 14.6 Å². The van der Waals surface area contributed by atoms with Gasteiger partial charge in [-0.25, -0.2) is 0 Å². The van der Waals surface area contributed by atoms with E-state index in [1.807, 2.05) is 12.1 Å². The van der Waals surface area contributed by atoms with Crippen molar-refractivity contribution in [1.82, 2.24) is 5.32 Å². The molecule has 0 radical (unpaired) electrons. The maximum atomic E-state index is 9.84. The van der Waals surface area contributed by atoms with E-state index in [9.17, 15) is 5.11 Å². The van der Waals surface area contributed by atoms with Crippen LogP contribution in [-0.2, 0) is 0 Å². The van der Waals surface area contributed by atoms with Gasteiger partial charge in [0.25, 0.3) is 0 Å². The SMILES string of the molecule is COc1cc([C@@H]2CCCCN2)cc(OC)c1O. The van der Waals surface area contributed by atoms with E-state index in [0.29, 0.717) is 17.5 Å². The fraction of sp³-hybridized carbons (Fsp3) is 0.538. The molecule has 0 spiro atoms. The number of hydrogen-bond donors (Lipinski definition) is 2. The Hall–Kier alpha value is -1.42. The highest BCUT2D eigenvalue weighted by Gasteiger charge is 2.19. The Morgan fingerprint density at radius 2 is 1.82 bits per heavy atom. The molecule has 0 aliphatic carbocycles. The van der Waals surface area contributed by atoms with Crippen LogP contribution in [0.25, 0.3) is 0 Å². The predicted molar refractivity (Wildman–Crippen MR) is 65.8 cm³/mol. The summed E-state index contributed by atoms with van der Waals surface area (Å²) in [5, 5.41) is 13.3. The lowest BCUT2D eigenvalue weighted by atomic mass is 9.97. The van der Waals surface area contributed by atoms with Crippen LogP contribution in [0, 0.1) is 0 Å². The van der Waals surface area contributed by atoms with Gasteiger partial charge in [0.05, 0.1) is 14.2 Å². The van der Waals surface area contributed by atoms with E-state index in [2.05, 4.69) is 5.32 Å². The fourth-order valence-corrected chi connectivity index (χ4v) is 2.25. The van der Waals surface area contributed by atoms with Crippen LogP contribution < -0.4 is 14.8 Å². The van der Waals surface area contributed by atoms with E-state index in [4.69, 9.17) is 9.47 Å². The third kappa shape index (κ3) is 2.47. The fourth-order valence-electron chi connectivity index (χ4n) is 2.25. The van der Waals surface area contributed by atoms with E-state index >= 15 is 0 Å². The molecule has 1 atom stereocenters. The highest BCUT2D eigenvalue weighted by Crippen LogP contribution is 2.39. The molecule has 2 N–H and O–H groups in total. The molecule has 1 aromatic rings. The predicted octanol–water partition coefficient (Wildman–Crippen LogP) is 2.22. The number of piperidine rings is 1. The Labute approximate surface area is 102 Å². The quantitative estimate of drug-likeness (QED) is 0.846. The van der Waals surface area contributed by atoms with Gasteiger partial charge < -0.3 is 19.9 Å². The normalized spacial score (nSPS) is 20.0. The average molecular weight is 237 g/mol. The molecule has 1 fully saturated rings. The summed E-state index contributed by atoms with van der Waals surface area (Å²) < 4.78 is 10.3. The van der Waals surface area contributed by atoms with E-state index in [1.165, 1.54) is 12.8 Å². The van der Waals surface area contributed by atoms with Gasteiger partial charge in [-0.2, -0.15) is 0 Å². The molecule has 2 rings (SSSR count). The number of nitrogens with one attached hydrogen (secondary N) is 1. The maximum Gasteiger partial charge on any atom is 0.200 e. The lowest BCUT2D eigenvalue weighted by molar-refractivity contribution is 0.336. The van der Waals surface area contributed by atoms with Crippen molar-refractivity contribution in [3.63, 3.8) is 0 Å². The highest BCUT2D eigenvalue weighted by molar-refractivity contribution is 5.53. The monoisotopic (exact) mass is 237 g/mol. The van der Waals surface area contributed by atoms with E-state index < -0.39 is 0 Å². The minimum atomic E-state index is 0.0644. The molecule has 17 heavy (non-hydrogen) atoms. The molecule has 1 aliphatic rings. The van der Waals surface area contributed by atoms with Gasteiger partial charge in [-0.3, -0.25) is 0 Å². The standard InChI is InChI=1S/C13H19NO3/c1-16-11-7-9(8-12(17-2)13(11)15)10-5-3-4-6-14-10/h7-8,10,14-15H,3-6H2,1-2H3/t10-/m0/s1. The van der Waals surface area contributed by atoms with Gasteiger partial charge in [0.2, 0.25) is 5.75 Å². The summed E-state index contributed by atoms with van der Waals surface area (Å²) in [5.74, 6) is 0.994. The molecule has 94 valence electrons. The van der Waals surface area contributed by atoms with Gasteiger partial charge in [-0.15, -0.1) is 0 Å². The number of ether oxygens (including phenoxy) is 2. The number of phenols is 1. The zero-order valence-corrected chi connectivity index (χ0v) is 10.3. The Morgan fingerprint density at radius 3 is 2.29 bits per heavy atom. The molecule has 1 heterocycles. The first-order valence-electron chi connectivity index (χ1n) is 5.94. The first-order valence-corrected chi connectivity index (χ1v) is 5.94. The van der Waals surface area contributed by atoms with Crippen LogP contribution in [0.15, 0.2) is 12.1 Å². The number of rotatable bonds is 3. The van der Waals surface area contributed by atoms with Crippen LogP contribution in [0.4, 0.5) is 0 Å². The molecule has 4 nitrogen and oxygen atoms in total. The largest absolute Gasteiger partial charge is 0.502 e. The molecule has 4 heteroatoms. The van der Waals surface area contributed by atoms with Crippen LogP contribution in [0.2, 0.25) is 0 Å². The smallest absolute Gasteiger partial charge is 0.200 e. The zero-order valence-electron chi connectivity index (χ0n) is 10.3. The summed E-state index contributed by atoms with van der Waals surface area (Å²) in [4.78, 5) is 0. The van der Waals surface area contributed by atoms with Gasteiger partial charge >= 0.3 is 0 Å². The van der Waals surface area contributed by atoms with Crippen molar-refractivity contribution in [2.24, 2.45) is 0 Å². The molecule has 1 aromatic carbocycles. The molecule has 0 aromatic heterocycles. The van der Waals surface area contributed by atoms with Crippen molar-refractivity contribution in [2.45, 2.75) is 25.3 Å². The van der Waals surface area contributed by atoms with Crippen molar-refractivity contribution >= 4 is 0 Å². The summed E-state index contributed by atoms with van der Waals surface area (Å²) in [6.45, 7) is 1.04. The Morgan fingerprint density at radius 1 is 1.18 bits per heavy atom. The van der Waals surface area contributed by atoms with Crippen molar-refractivity contribution in [3.8, 4) is 17.2 Å². The second-order valence-corrected chi connectivity index (χ2v) is 4.28. The summed E-state index contributed by atoms with van der Waals surface area (Å²) in [6.07, 6.45) is 3.56. The van der Waals surface area contributed by atoms with Crippen LogP contribution in [0.5, 0.6) is 17.2 Å². The van der Waals surface area contributed by atoms with Gasteiger partial charge in [-0.05, 0) is 37.1 Å². The molecule has 0 amide bonds. The topological polar surface area (TPSA) is 50.7 Å². The summed E-state index contributed by atoms with van der Waals surface area (Å²) in [5.41, 5.74) is 1.11. The van der Waals surface area contributed by atoms with Crippen molar-refractivity contribution in [3.05, 3.63) is 17.7 Å². The number of aromatic hydroxyl groups is 1. The number of benzene rings is 1. The summed E-state index contributed by atoms with van der Waals surface area (Å²) >= 11 is 0. The summed E-state index contributed by atoms with van der Waals surface area (Å²) in [7, 11) is 3.10. The minimum Gasteiger partial charge on any atom is -0.502 e. The lowest BCUT2D eigenvalue weighted by Crippen LogP contribution is -2.26. The van der Waals surface area contributed by atoms with E-state index in [0.717, 1.165) is 18.5 Å². The van der Waals surface area contributed by atoms with E-state index in [1.54, 1.807) is 14.2 Å². The third-order valence-electron chi connectivity index (χ3n) is 3.21. The Balaban J connectivity index is 2.33. The summed E-state index contributed by atoms with van der Waals surface area (Å²) in [6, 6.07) is 4.08. The molecule has 0 bridgehead atoms. The molecule has 1 saturated heterocycles. The number of methoxy groups -OCH3 is 2. The van der Waals surface area contributed by atoms with Crippen molar-refractivity contribution in [1.29, 1.82) is 0 Å². The highest BCUT2D eigenvalue weighted by atomic mass is 16.5. The van der Waals surface area contributed by atoms with E-state index in [-0.39, 0.29) is 5.75 Å². The Bertz CT molecular complexity index is 361. The first-order chi connectivity index (χ1) is 8.26. The Kier molecular flexibility index (Phi) is 3.74. The second kappa shape index (κ2) is 5.27. The number of hydrogen-bond acceptors (Lipinski definition) is 4. The minimum absolute atomic E-state index is 0.0644. The van der Waals surface area contributed by atoms with Gasteiger partial charge in [-0.1, -0.05) is 6.42 Å². The first kappa shape index (κ1) is 12.0. The second-order valence-electron chi connectivity index (χ2n) is 4.28. The van der Waals surface area contributed by atoms with Crippen LogP contribution in [0.1, 0.15) is 30.9 Å². The van der Waals surface area contributed by atoms with Gasteiger partial charge in [0, 0.05) is 6.04 Å². The van der Waals surface area contributed by atoms with Crippen LogP contribution >= 0.6 is 0 Å². The van der Waals surface area contributed by atoms with Crippen molar-refractivity contribution in [2.75, 3.05) is 20.8 Å². The lowest BCUT2D eigenvalue weighted by Gasteiger charge is -2.24. The van der Waals surface area contributed by atoms with Crippen LogP contribution in [0.3, 0.4) is 0 Å².